The first-order valence-electron chi connectivity index (χ1n) is 5.53. The second kappa shape index (κ2) is 5.95. The predicted molar refractivity (Wildman–Crippen MR) is 69.3 cm³/mol. The first-order valence-corrected chi connectivity index (χ1v) is 6.33. The zero-order chi connectivity index (χ0) is 14.7. The molecule has 3 N–H and O–H groups in total. The maximum Gasteiger partial charge on any atom is 0.340 e. The van der Waals surface area contributed by atoms with Crippen LogP contribution in [0.2, 0.25) is 0 Å². The molecular weight excluding hydrogens is 338 g/mol. The number of carbonyl (C=O) groups excluding carboxylic acids is 1. The molecule has 1 heterocycles. The van der Waals surface area contributed by atoms with Crippen molar-refractivity contribution in [3.8, 4) is 0 Å². The van der Waals surface area contributed by atoms with E-state index >= 15 is 0 Å². The Hall–Kier alpha value is -2.03. The van der Waals surface area contributed by atoms with Crippen LogP contribution in [0.1, 0.15) is 16.2 Å². The number of aromatic nitrogens is 3. The molecule has 0 saturated carbocycles. The van der Waals surface area contributed by atoms with Gasteiger partial charge in [-0.2, -0.15) is 5.10 Å². The maximum atomic E-state index is 13.5. The molecule has 0 fully saturated rings. The molecule has 2 aromatic rings. The summed E-state index contributed by atoms with van der Waals surface area (Å²) >= 11 is 2.92. The van der Waals surface area contributed by atoms with Crippen LogP contribution in [0.15, 0.2) is 21.4 Å². The zero-order valence-corrected chi connectivity index (χ0v) is 11.6. The molecule has 1 aromatic heterocycles. The van der Waals surface area contributed by atoms with Crippen molar-refractivity contribution < 1.29 is 13.6 Å². The van der Waals surface area contributed by atoms with E-state index in [4.69, 9.17) is 0 Å². The van der Waals surface area contributed by atoms with Gasteiger partial charge in [-0.25, -0.2) is 18.7 Å². The number of carbonyl (C=O) groups is 1. The molecule has 0 radical (unpaired) electrons. The first kappa shape index (κ1) is 14.4. The molecule has 2 rings (SSSR count). The Labute approximate surface area is 119 Å². The predicted octanol–water partition coefficient (Wildman–Crippen LogP) is 1.11. The molecule has 106 valence electrons. The Morgan fingerprint density at radius 2 is 2.00 bits per heavy atom. The number of nitrogens with zero attached hydrogens (tertiary/aromatic N) is 1. The summed E-state index contributed by atoms with van der Waals surface area (Å²) in [6.45, 7) is 0.0779. The van der Waals surface area contributed by atoms with E-state index < -0.39 is 28.8 Å². The van der Waals surface area contributed by atoms with Gasteiger partial charge < -0.3 is 5.32 Å². The number of benzene rings is 1. The SMILES string of the molecule is O=C(NCCc1n[nH]c(=O)[nH]1)c1c(F)cc(Br)cc1F. The summed E-state index contributed by atoms with van der Waals surface area (Å²) in [4.78, 5) is 24.8. The van der Waals surface area contributed by atoms with Gasteiger partial charge in [-0.1, -0.05) is 15.9 Å². The molecule has 6 nitrogen and oxygen atoms in total. The fourth-order valence-electron chi connectivity index (χ4n) is 1.57. The average molecular weight is 347 g/mol. The van der Waals surface area contributed by atoms with Gasteiger partial charge in [-0.15, -0.1) is 0 Å². The lowest BCUT2D eigenvalue weighted by Crippen LogP contribution is -2.28. The fraction of sp³-hybridized carbons (Fsp3) is 0.182. The van der Waals surface area contributed by atoms with Crippen molar-refractivity contribution >= 4 is 21.8 Å². The molecule has 0 unspecified atom stereocenters. The smallest absolute Gasteiger partial charge is 0.340 e. The van der Waals surface area contributed by atoms with Crippen LogP contribution < -0.4 is 11.0 Å². The molecule has 0 bridgehead atoms. The monoisotopic (exact) mass is 346 g/mol. The number of hydrogen-bond acceptors (Lipinski definition) is 3. The number of amides is 1. The minimum absolute atomic E-state index is 0.0779. The molecule has 0 spiro atoms. The Balaban J connectivity index is 2.00. The number of nitrogens with one attached hydrogen (secondary N) is 3. The minimum Gasteiger partial charge on any atom is -0.351 e. The van der Waals surface area contributed by atoms with E-state index in [1.165, 1.54) is 0 Å². The highest BCUT2D eigenvalue weighted by atomic mass is 79.9. The number of aromatic amines is 2. The second-order valence-corrected chi connectivity index (χ2v) is 4.79. The summed E-state index contributed by atoms with van der Waals surface area (Å²) in [5.41, 5.74) is -1.11. The van der Waals surface area contributed by atoms with Crippen LogP contribution in [0.3, 0.4) is 0 Å². The first-order chi connectivity index (χ1) is 9.47. The lowest BCUT2D eigenvalue weighted by atomic mass is 10.2. The third-order valence-electron chi connectivity index (χ3n) is 2.43. The standard InChI is InChI=1S/C11H9BrF2N4O2/c12-5-3-6(13)9(7(14)4-5)10(19)15-2-1-8-16-11(20)18-17-8/h3-4H,1-2H2,(H,15,19)(H2,16,17,18,20). The van der Waals surface area contributed by atoms with Gasteiger partial charge >= 0.3 is 5.69 Å². The van der Waals surface area contributed by atoms with Gasteiger partial charge in [0.15, 0.2) is 0 Å². The van der Waals surface area contributed by atoms with E-state index in [0.717, 1.165) is 12.1 Å². The summed E-state index contributed by atoms with van der Waals surface area (Å²) < 4.78 is 27.2. The van der Waals surface area contributed by atoms with E-state index in [0.29, 0.717) is 5.82 Å². The molecule has 20 heavy (non-hydrogen) atoms. The molecule has 0 aliphatic heterocycles. The van der Waals surface area contributed by atoms with E-state index in [-0.39, 0.29) is 17.4 Å². The van der Waals surface area contributed by atoms with Crippen molar-refractivity contribution in [2.45, 2.75) is 6.42 Å². The van der Waals surface area contributed by atoms with Crippen molar-refractivity contribution in [1.82, 2.24) is 20.5 Å². The van der Waals surface area contributed by atoms with Gasteiger partial charge in [0, 0.05) is 17.4 Å². The molecule has 0 atom stereocenters. The molecule has 0 saturated heterocycles. The van der Waals surface area contributed by atoms with E-state index in [9.17, 15) is 18.4 Å². The summed E-state index contributed by atoms with van der Waals surface area (Å²) in [5.74, 6) is -2.44. The molecular formula is C11H9BrF2N4O2. The number of halogens is 3. The van der Waals surface area contributed by atoms with Crippen LogP contribution in [0, 0.1) is 11.6 Å². The Morgan fingerprint density at radius 3 is 2.55 bits per heavy atom. The van der Waals surface area contributed by atoms with Crippen LogP contribution in [0.25, 0.3) is 0 Å². The number of hydrogen-bond donors (Lipinski definition) is 3. The lowest BCUT2D eigenvalue weighted by Gasteiger charge is -2.06. The van der Waals surface area contributed by atoms with Crippen LogP contribution in [0.5, 0.6) is 0 Å². The van der Waals surface area contributed by atoms with Crippen molar-refractivity contribution in [3.05, 3.63) is 50.1 Å². The van der Waals surface area contributed by atoms with E-state index in [1.54, 1.807) is 0 Å². The normalized spacial score (nSPS) is 10.6. The van der Waals surface area contributed by atoms with Crippen LogP contribution in [0.4, 0.5) is 8.78 Å². The van der Waals surface area contributed by atoms with Gasteiger partial charge in [0.05, 0.1) is 0 Å². The molecule has 9 heteroatoms. The molecule has 0 aliphatic rings. The van der Waals surface area contributed by atoms with Crippen molar-refractivity contribution in [3.63, 3.8) is 0 Å². The maximum absolute atomic E-state index is 13.5. The Morgan fingerprint density at radius 1 is 1.35 bits per heavy atom. The average Bonchev–Trinajstić information content (AvgIpc) is 2.73. The summed E-state index contributed by atoms with van der Waals surface area (Å²) in [5, 5.41) is 8.14. The van der Waals surface area contributed by atoms with E-state index in [1.807, 2.05) is 0 Å². The molecule has 1 aromatic carbocycles. The van der Waals surface area contributed by atoms with Crippen molar-refractivity contribution in [1.29, 1.82) is 0 Å². The number of rotatable bonds is 4. The van der Waals surface area contributed by atoms with Crippen molar-refractivity contribution in [2.75, 3.05) is 6.54 Å². The summed E-state index contributed by atoms with van der Waals surface area (Å²) in [6.07, 6.45) is 0.226. The third-order valence-corrected chi connectivity index (χ3v) is 2.89. The van der Waals surface area contributed by atoms with Gasteiger partial charge in [-0.3, -0.25) is 9.78 Å². The summed E-state index contributed by atoms with van der Waals surface area (Å²) in [6, 6.07) is 2.01. The highest BCUT2D eigenvalue weighted by Gasteiger charge is 2.18. The topological polar surface area (TPSA) is 90.6 Å². The van der Waals surface area contributed by atoms with Crippen LogP contribution in [-0.4, -0.2) is 27.6 Å². The largest absolute Gasteiger partial charge is 0.351 e. The van der Waals surface area contributed by atoms with Crippen LogP contribution in [-0.2, 0) is 6.42 Å². The quantitative estimate of drug-likeness (QED) is 0.774. The highest BCUT2D eigenvalue weighted by molar-refractivity contribution is 9.10. The van der Waals surface area contributed by atoms with Gasteiger partial charge in [-0.05, 0) is 12.1 Å². The zero-order valence-electron chi connectivity index (χ0n) is 9.97. The molecule has 0 aliphatic carbocycles. The highest BCUT2D eigenvalue weighted by Crippen LogP contribution is 2.19. The second-order valence-electron chi connectivity index (χ2n) is 3.87. The Bertz CT molecular complexity index is 675. The lowest BCUT2D eigenvalue weighted by molar-refractivity contribution is 0.0945. The van der Waals surface area contributed by atoms with Crippen molar-refractivity contribution in [2.24, 2.45) is 0 Å². The van der Waals surface area contributed by atoms with E-state index in [2.05, 4.69) is 36.4 Å². The fourth-order valence-corrected chi connectivity index (χ4v) is 1.97. The van der Waals surface area contributed by atoms with Gasteiger partial charge in [0.25, 0.3) is 5.91 Å². The Kier molecular flexibility index (Phi) is 4.28. The molecule has 1 amide bonds. The van der Waals surface area contributed by atoms with Crippen LogP contribution >= 0.6 is 15.9 Å². The summed E-state index contributed by atoms with van der Waals surface area (Å²) in [7, 11) is 0. The minimum atomic E-state index is -0.956. The third kappa shape index (κ3) is 3.29. The number of H-pyrrole nitrogens is 2. The van der Waals surface area contributed by atoms with Gasteiger partial charge in [0.1, 0.15) is 23.0 Å². The van der Waals surface area contributed by atoms with Gasteiger partial charge in [0.2, 0.25) is 0 Å².